The van der Waals surface area contributed by atoms with Gasteiger partial charge < -0.3 is 14.6 Å². The van der Waals surface area contributed by atoms with E-state index < -0.39 is 30.8 Å². The molecule has 100 valence electrons. The second kappa shape index (κ2) is 6.30. The smallest absolute Gasteiger partial charge is 0.344 e. The number of ether oxygens (including phenoxy) is 2. The molecule has 0 heterocycles. The Kier molecular flexibility index (Phi) is 5.03. The average Bonchev–Trinajstić information content (AvgIpc) is 2.33. The molecule has 0 aromatic heterocycles. The van der Waals surface area contributed by atoms with Gasteiger partial charge in [0, 0.05) is 5.56 Å². The number of aryl methyl sites for hydroxylation is 1. The fourth-order valence-electron chi connectivity index (χ4n) is 1.40. The van der Waals surface area contributed by atoms with Crippen molar-refractivity contribution in [1.82, 2.24) is 0 Å². The number of hydrogen-bond acceptors (Lipinski definition) is 4. The third-order valence-electron chi connectivity index (χ3n) is 2.31. The van der Waals surface area contributed by atoms with Crippen molar-refractivity contribution < 1.29 is 28.2 Å². The van der Waals surface area contributed by atoms with Crippen molar-refractivity contribution >= 4 is 5.97 Å². The van der Waals surface area contributed by atoms with E-state index >= 15 is 0 Å². The minimum absolute atomic E-state index is 0.129. The van der Waals surface area contributed by atoms with Gasteiger partial charge in [0.1, 0.15) is 0 Å². The monoisotopic (exact) mass is 260 g/mol. The largest absolute Gasteiger partial charge is 0.479 e. The van der Waals surface area contributed by atoms with Gasteiger partial charge in [-0.3, -0.25) is 0 Å². The number of esters is 1. The SMILES string of the molecule is CCOC(=O)COc1cc(C)c(CO)c(F)c1F. The van der Waals surface area contributed by atoms with Gasteiger partial charge in [0.25, 0.3) is 0 Å². The molecule has 0 aliphatic heterocycles. The molecular formula is C12H14F2O4. The van der Waals surface area contributed by atoms with Gasteiger partial charge in [0.05, 0.1) is 13.2 Å². The van der Waals surface area contributed by atoms with Gasteiger partial charge in [-0.2, -0.15) is 4.39 Å². The first-order chi connectivity index (χ1) is 8.51. The third kappa shape index (κ3) is 3.16. The standard InChI is InChI=1S/C12H14F2O4/c1-3-17-10(16)6-18-9-4-7(2)8(5-15)11(13)12(9)14/h4,15H,3,5-6H2,1-2H3. The lowest BCUT2D eigenvalue weighted by molar-refractivity contribution is -0.145. The highest BCUT2D eigenvalue weighted by molar-refractivity contribution is 5.71. The lowest BCUT2D eigenvalue weighted by atomic mass is 10.1. The molecule has 0 radical (unpaired) electrons. The molecule has 0 amide bonds. The number of carbonyl (C=O) groups is 1. The summed E-state index contributed by atoms with van der Waals surface area (Å²) in [4.78, 5) is 11.0. The van der Waals surface area contributed by atoms with Crippen molar-refractivity contribution in [3.05, 3.63) is 28.8 Å². The minimum atomic E-state index is -1.23. The molecule has 0 atom stereocenters. The summed E-state index contributed by atoms with van der Waals surface area (Å²) >= 11 is 0. The van der Waals surface area contributed by atoms with E-state index in [9.17, 15) is 13.6 Å². The third-order valence-corrected chi connectivity index (χ3v) is 2.31. The number of benzene rings is 1. The molecular weight excluding hydrogens is 246 g/mol. The first-order valence-electron chi connectivity index (χ1n) is 5.38. The second-order valence-electron chi connectivity index (χ2n) is 3.55. The van der Waals surface area contributed by atoms with Crippen molar-refractivity contribution in [1.29, 1.82) is 0 Å². The normalized spacial score (nSPS) is 10.3. The summed E-state index contributed by atoms with van der Waals surface area (Å²) in [5.41, 5.74) is 0.214. The quantitative estimate of drug-likeness (QED) is 0.819. The van der Waals surface area contributed by atoms with Gasteiger partial charge in [0.15, 0.2) is 18.2 Å². The second-order valence-corrected chi connectivity index (χ2v) is 3.55. The maximum absolute atomic E-state index is 13.5. The Labute approximate surface area is 103 Å². The number of rotatable bonds is 5. The Hall–Kier alpha value is -1.69. The molecule has 4 nitrogen and oxygen atoms in total. The zero-order valence-electron chi connectivity index (χ0n) is 10.1. The summed E-state index contributed by atoms with van der Waals surface area (Å²) in [5.74, 6) is -3.44. The van der Waals surface area contributed by atoms with Crippen LogP contribution in [0.4, 0.5) is 8.78 Å². The van der Waals surface area contributed by atoms with Crippen molar-refractivity contribution in [2.24, 2.45) is 0 Å². The van der Waals surface area contributed by atoms with Crippen LogP contribution in [-0.2, 0) is 16.1 Å². The van der Waals surface area contributed by atoms with Crippen LogP contribution in [0.25, 0.3) is 0 Å². The van der Waals surface area contributed by atoms with Crippen LogP contribution in [0.3, 0.4) is 0 Å². The van der Waals surface area contributed by atoms with E-state index in [0.717, 1.165) is 0 Å². The van der Waals surface area contributed by atoms with Gasteiger partial charge in [-0.25, -0.2) is 9.18 Å². The van der Waals surface area contributed by atoms with Crippen LogP contribution in [0.1, 0.15) is 18.1 Å². The van der Waals surface area contributed by atoms with E-state index in [4.69, 9.17) is 9.84 Å². The molecule has 6 heteroatoms. The van der Waals surface area contributed by atoms with E-state index in [1.165, 1.54) is 13.0 Å². The van der Waals surface area contributed by atoms with Gasteiger partial charge in [-0.1, -0.05) is 0 Å². The van der Waals surface area contributed by atoms with Gasteiger partial charge >= 0.3 is 5.97 Å². The van der Waals surface area contributed by atoms with E-state index in [-0.39, 0.29) is 17.9 Å². The van der Waals surface area contributed by atoms with E-state index in [2.05, 4.69) is 4.74 Å². The molecule has 0 spiro atoms. The molecule has 18 heavy (non-hydrogen) atoms. The first kappa shape index (κ1) is 14.4. The predicted octanol–water partition coefficient (Wildman–Crippen LogP) is 1.71. The van der Waals surface area contributed by atoms with Crippen LogP contribution in [0.2, 0.25) is 0 Å². The highest BCUT2D eigenvalue weighted by Gasteiger charge is 2.17. The highest BCUT2D eigenvalue weighted by atomic mass is 19.2. The predicted molar refractivity (Wildman–Crippen MR) is 59.1 cm³/mol. The molecule has 0 saturated heterocycles. The molecule has 1 N–H and O–H groups in total. The molecule has 0 aliphatic carbocycles. The summed E-state index contributed by atoms with van der Waals surface area (Å²) < 4.78 is 36.4. The van der Waals surface area contributed by atoms with Gasteiger partial charge in [0.2, 0.25) is 5.82 Å². The zero-order valence-corrected chi connectivity index (χ0v) is 10.1. The molecule has 1 aromatic rings. The minimum Gasteiger partial charge on any atom is -0.479 e. The Morgan fingerprint density at radius 3 is 2.61 bits per heavy atom. The molecule has 0 aliphatic rings. The summed E-state index contributed by atoms with van der Waals surface area (Å²) in [5, 5.41) is 8.88. The number of hydrogen-bond donors (Lipinski definition) is 1. The maximum Gasteiger partial charge on any atom is 0.344 e. The molecule has 0 bridgehead atoms. The Morgan fingerprint density at radius 2 is 2.06 bits per heavy atom. The van der Waals surface area contributed by atoms with Crippen molar-refractivity contribution in [3.8, 4) is 5.75 Å². The fraction of sp³-hybridized carbons (Fsp3) is 0.417. The highest BCUT2D eigenvalue weighted by Crippen LogP contribution is 2.26. The van der Waals surface area contributed by atoms with Crippen LogP contribution < -0.4 is 4.74 Å². The Balaban J connectivity index is 2.88. The Morgan fingerprint density at radius 1 is 1.39 bits per heavy atom. The van der Waals surface area contributed by atoms with Gasteiger partial charge in [-0.05, 0) is 25.5 Å². The molecule has 1 aromatic carbocycles. The zero-order chi connectivity index (χ0) is 13.7. The summed E-state index contributed by atoms with van der Waals surface area (Å²) in [6.07, 6.45) is 0. The molecule has 0 unspecified atom stereocenters. The average molecular weight is 260 g/mol. The van der Waals surface area contributed by atoms with Crippen LogP contribution in [-0.4, -0.2) is 24.3 Å². The van der Waals surface area contributed by atoms with E-state index in [1.54, 1.807) is 6.92 Å². The van der Waals surface area contributed by atoms with Crippen LogP contribution >= 0.6 is 0 Å². The lowest BCUT2D eigenvalue weighted by Gasteiger charge is -2.11. The Bertz CT molecular complexity index is 446. The number of halogens is 2. The van der Waals surface area contributed by atoms with E-state index in [0.29, 0.717) is 5.56 Å². The van der Waals surface area contributed by atoms with Crippen LogP contribution in [0.15, 0.2) is 6.07 Å². The van der Waals surface area contributed by atoms with Crippen LogP contribution in [0.5, 0.6) is 5.75 Å². The van der Waals surface area contributed by atoms with Gasteiger partial charge in [-0.15, -0.1) is 0 Å². The fourth-order valence-corrected chi connectivity index (χ4v) is 1.40. The summed E-state index contributed by atoms with van der Waals surface area (Å²) in [6.45, 7) is 2.21. The van der Waals surface area contributed by atoms with E-state index in [1.807, 2.05) is 0 Å². The van der Waals surface area contributed by atoms with Crippen molar-refractivity contribution in [2.45, 2.75) is 20.5 Å². The number of carbonyl (C=O) groups excluding carboxylic acids is 1. The molecule has 0 saturated carbocycles. The molecule has 0 fully saturated rings. The lowest BCUT2D eigenvalue weighted by Crippen LogP contribution is -2.15. The molecule has 1 rings (SSSR count). The summed E-state index contributed by atoms with van der Waals surface area (Å²) in [6, 6.07) is 1.23. The number of aliphatic hydroxyl groups excluding tert-OH is 1. The maximum atomic E-state index is 13.5. The summed E-state index contributed by atoms with van der Waals surface area (Å²) in [7, 11) is 0. The first-order valence-corrected chi connectivity index (χ1v) is 5.38. The topological polar surface area (TPSA) is 55.8 Å². The van der Waals surface area contributed by atoms with Crippen molar-refractivity contribution in [2.75, 3.05) is 13.2 Å². The number of aliphatic hydroxyl groups is 1. The van der Waals surface area contributed by atoms with Crippen LogP contribution in [0, 0.1) is 18.6 Å². The van der Waals surface area contributed by atoms with Crippen molar-refractivity contribution in [3.63, 3.8) is 0 Å².